The number of ketones is 2. The maximum Gasteiger partial charge on any atom is 0.416 e. The molecule has 23 heteroatoms. The van der Waals surface area contributed by atoms with Crippen molar-refractivity contribution in [3.63, 3.8) is 0 Å². The van der Waals surface area contributed by atoms with Crippen molar-refractivity contribution < 1.29 is 76.7 Å². The molecule has 0 spiro atoms. The molecule has 6 atom stereocenters. The third kappa shape index (κ3) is 16.3. The topological polar surface area (TPSA) is 279 Å². The Morgan fingerprint density at radius 1 is 0.733 bits per heavy atom. The van der Waals surface area contributed by atoms with Crippen molar-refractivity contribution in [3.05, 3.63) is 88.8 Å². The number of methoxy groups -OCH3 is 2. The summed E-state index contributed by atoms with van der Waals surface area (Å²) in [6.45, 7) is 15.4. The molecular weight excluding hydrogens is 1160 g/mol. The van der Waals surface area contributed by atoms with Crippen LogP contribution in [0.1, 0.15) is 152 Å². The highest BCUT2D eigenvalue weighted by Crippen LogP contribution is 2.43. The summed E-state index contributed by atoms with van der Waals surface area (Å²) in [5, 5.41) is 17.5. The fraction of sp³-hybridized carbons (Fsp3) is 0.522. The van der Waals surface area contributed by atoms with Gasteiger partial charge in [-0.3, -0.25) is 48.2 Å². The number of imide groups is 1. The second-order valence-corrected chi connectivity index (χ2v) is 25.1. The molecule has 1 saturated heterocycles. The zero-order chi connectivity index (χ0) is 65.1. The van der Waals surface area contributed by atoms with Crippen LogP contribution >= 0.6 is 0 Å². The number of likely N-dealkylation sites (tertiary alicyclic amines) is 1. The molecule has 5 aliphatic rings. The summed E-state index contributed by atoms with van der Waals surface area (Å²) >= 11 is 0. The molecule has 0 saturated carbocycles. The second kappa shape index (κ2) is 29.9. The van der Waals surface area contributed by atoms with Gasteiger partial charge in [-0.15, -0.1) is 0 Å². The number of aliphatic imine (C=N–C) groups is 1. The molecule has 8 rings (SSSR count). The van der Waals surface area contributed by atoms with Gasteiger partial charge in [-0.05, 0) is 93.5 Å². The van der Waals surface area contributed by atoms with Gasteiger partial charge < -0.3 is 54.0 Å². The minimum absolute atomic E-state index is 0.0283. The van der Waals surface area contributed by atoms with E-state index in [4.69, 9.17) is 28.4 Å². The van der Waals surface area contributed by atoms with Gasteiger partial charge in [-0.1, -0.05) is 64.8 Å². The Morgan fingerprint density at radius 2 is 1.38 bits per heavy atom. The van der Waals surface area contributed by atoms with Gasteiger partial charge in [0.15, 0.2) is 35.0 Å². The van der Waals surface area contributed by atoms with Crippen molar-refractivity contribution in [2.75, 3.05) is 57.4 Å². The number of carbonyl (C=O) groups excluding carboxylic acids is 9. The molecule has 5 heterocycles. The third-order valence-electron chi connectivity index (χ3n) is 16.7. The summed E-state index contributed by atoms with van der Waals surface area (Å²) in [6.07, 6.45) is 6.46. The Balaban J connectivity index is 0.783. The van der Waals surface area contributed by atoms with Gasteiger partial charge in [0, 0.05) is 87.6 Å². The number of aliphatic hydroxyl groups excluding tert-OH is 1. The monoisotopic (exact) mass is 1240 g/mol. The lowest BCUT2D eigenvalue weighted by molar-refractivity contribution is -0.140. The first kappa shape index (κ1) is 67.5. The molecule has 3 aromatic rings. The van der Waals surface area contributed by atoms with Gasteiger partial charge >= 0.3 is 6.09 Å². The largest absolute Gasteiger partial charge is 0.493 e. The van der Waals surface area contributed by atoms with Crippen LogP contribution in [0.3, 0.4) is 0 Å². The summed E-state index contributed by atoms with van der Waals surface area (Å²) in [5.74, 6) is -2.42. The average Bonchev–Trinajstić information content (AvgIpc) is 1.74. The minimum atomic E-state index is -1.52. The van der Waals surface area contributed by atoms with Gasteiger partial charge in [0.05, 0.1) is 80.6 Å². The van der Waals surface area contributed by atoms with Gasteiger partial charge in [-0.25, -0.2) is 9.69 Å². The fourth-order valence-corrected chi connectivity index (χ4v) is 11.6. The number of aliphatic hydroxyl groups is 1. The number of hydrogen-bond donors (Lipinski definition) is 3. The van der Waals surface area contributed by atoms with Crippen LogP contribution in [0.4, 0.5) is 21.9 Å². The van der Waals surface area contributed by atoms with Crippen LogP contribution in [0, 0.1) is 23.2 Å². The number of hydrogen-bond acceptors (Lipinski definition) is 17. The van der Waals surface area contributed by atoms with Gasteiger partial charge in [0.2, 0.25) is 23.6 Å². The summed E-state index contributed by atoms with van der Waals surface area (Å²) in [4.78, 5) is 129. The number of Topliss-reactive ketones (excluding diaryl/α,β-unsaturated/α-hetero) is 2. The standard InChI is InChI=1S/C67H85N7O16/c1-39(2)60(70-58(77)21-26-87-23-14-15-46(75)20-22-71-59(78)32-49(64(71)82)67(6,7)8)53(76)29-42(5)61(79)69-44-18-16-43(17-19-44)38-90-66(84)74-51-34-57(55(86-10)31-48(51)63(81)73-37-41(4)28-52(73)65(74)83)89-25-13-11-12-24-88-56-33-50-47(30-54(56)85-9)62(80)72-36-40(3)27-45(72)35-68-50/h16-19,30-31,33-37,39,42,45,49,52,60,65,83H,11-15,20-29,32,38H2,1-10H3,(H,69,79)(H,70,77)/t42-,45+,49?,52+,60+,65?/m1/s1. The Labute approximate surface area is 525 Å². The van der Waals surface area contributed by atoms with Crippen LogP contribution in [0.5, 0.6) is 23.0 Å². The molecule has 7 amide bonds. The van der Waals surface area contributed by atoms with E-state index in [-0.39, 0.29) is 134 Å². The molecule has 2 unspecified atom stereocenters. The number of amides is 7. The number of ether oxygens (including phenoxy) is 6. The predicted molar refractivity (Wildman–Crippen MR) is 334 cm³/mol. The number of benzene rings is 3. The van der Waals surface area contributed by atoms with Crippen molar-refractivity contribution in [3.8, 4) is 23.0 Å². The lowest BCUT2D eigenvalue weighted by Crippen LogP contribution is -2.50. The molecule has 90 heavy (non-hydrogen) atoms. The van der Waals surface area contributed by atoms with Crippen LogP contribution in [-0.2, 0) is 44.8 Å². The Kier molecular flexibility index (Phi) is 22.4. The number of anilines is 2. The molecule has 5 aliphatic heterocycles. The molecule has 3 N–H and O–H groups in total. The van der Waals surface area contributed by atoms with Gasteiger partial charge in [0.1, 0.15) is 12.4 Å². The SMILES string of the molecule is COc1cc2c(cc1OCCCCCOc1cc3c(cc1OC)C(=O)N1C=C(C)C[C@H]1C(O)N3C(=O)OCc1ccc(NC(=O)[C@H](C)CC(=O)[C@@H](NC(=O)CCOCCCC(=O)CCN3C(=O)CC(C(C)(C)C)C3=O)C(C)C)cc1)N=C[C@@H]1CC(C)=CN1C2=O. The van der Waals surface area contributed by atoms with Crippen molar-refractivity contribution in [1.29, 1.82) is 0 Å². The summed E-state index contributed by atoms with van der Waals surface area (Å²) in [6, 6.07) is 11.1. The maximum absolute atomic E-state index is 14.2. The van der Waals surface area contributed by atoms with Crippen LogP contribution in [0.2, 0.25) is 0 Å². The highest BCUT2D eigenvalue weighted by molar-refractivity contribution is 6.07. The van der Waals surface area contributed by atoms with Crippen molar-refractivity contribution in [2.24, 2.45) is 28.2 Å². The van der Waals surface area contributed by atoms with Gasteiger partial charge in [0.25, 0.3) is 11.8 Å². The normalized spacial score (nSPS) is 19.2. The van der Waals surface area contributed by atoms with E-state index in [0.29, 0.717) is 72.7 Å². The highest BCUT2D eigenvalue weighted by atomic mass is 16.6. The van der Waals surface area contributed by atoms with E-state index in [9.17, 15) is 48.3 Å². The molecular formula is C67H85N7O16. The summed E-state index contributed by atoms with van der Waals surface area (Å²) in [7, 11) is 2.96. The number of rotatable bonds is 29. The smallest absolute Gasteiger partial charge is 0.416 e. The number of nitrogens with zero attached hydrogens (tertiary/aromatic N) is 5. The van der Waals surface area contributed by atoms with E-state index < -0.39 is 54.0 Å². The molecule has 23 nitrogen and oxygen atoms in total. The van der Waals surface area contributed by atoms with Crippen LogP contribution in [0.25, 0.3) is 0 Å². The fourth-order valence-electron chi connectivity index (χ4n) is 11.6. The Hall–Kier alpha value is -8.44. The first-order valence-electron chi connectivity index (χ1n) is 30.9. The predicted octanol–water partition coefficient (Wildman–Crippen LogP) is 9.00. The first-order valence-corrected chi connectivity index (χ1v) is 30.9. The van der Waals surface area contributed by atoms with Crippen molar-refractivity contribution in [1.82, 2.24) is 20.0 Å². The van der Waals surface area contributed by atoms with Crippen molar-refractivity contribution >= 4 is 76.4 Å². The molecule has 1 fully saturated rings. The maximum atomic E-state index is 14.2. The number of nitrogens with one attached hydrogen (secondary N) is 2. The lowest BCUT2D eigenvalue weighted by Gasteiger charge is -2.31. The molecule has 0 radical (unpaired) electrons. The zero-order valence-corrected chi connectivity index (χ0v) is 53.2. The molecule has 0 bridgehead atoms. The van der Waals surface area contributed by atoms with E-state index in [1.54, 1.807) is 74.5 Å². The minimum Gasteiger partial charge on any atom is -0.493 e. The van der Waals surface area contributed by atoms with E-state index in [2.05, 4.69) is 15.6 Å². The van der Waals surface area contributed by atoms with Crippen LogP contribution < -0.4 is 34.5 Å². The Morgan fingerprint density at radius 3 is 2.03 bits per heavy atom. The molecule has 3 aromatic carbocycles. The van der Waals surface area contributed by atoms with E-state index in [1.165, 1.54) is 36.2 Å². The quantitative estimate of drug-likeness (QED) is 0.0432. The number of unbranched alkanes of at least 4 members (excludes halogenated alkanes) is 2. The number of fused-ring (bicyclic) bond motifs is 4. The summed E-state index contributed by atoms with van der Waals surface area (Å²) in [5.41, 5.74) is 3.63. The second-order valence-electron chi connectivity index (χ2n) is 25.1. The van der Waals surface area contributed by atoms with E-state index in [1.807, 2.05) is 40.8 Å². The molecule has 0 aromatic heterocycles. The van der Waals surface area contributed by atoms with E-state index >= 15 is 0 Å². The van der Waals surface area contributed by atoms with Crippen molar-refractivity contribution in [2.45, 2.75) is 157 Å². The molecule has 0 aliphatic carbocycles. The van der Waals surface area contributed by atoms with E-state index in [0.717, 1.165) is 22.5 Å². The first-order chi connectivity index (χ1) is 42.9. The highest BCUT2D eigenvalue weighted by Gasteiger charge is 2.46. The van der Waals surface area contributed by atoms with Crippen LogP contribution in [-0.4, -0.2) is 151 Å². The third-order valence-corrected chi connectivity index (χ3v) is 16.7. The zero-order valence-electron chi connectivity index (χ0n) is 53.2. The van der Waals surface area contributed by atoms with Gasteiger partial charge in [-0.2, -0.15) is 0 Å². The summed E-state index contributed by atoms with van der Waals surface area (Å²) < 4.78 is 35.1. The Bertz CT molecular complexity index is 3310. The van der Waals surface area contributed by atoms with Crippen LogP contribution in [0.15, 0.2) is 77.1 Å². The number of carbonyl (C=O) groups is 9. The average molecular weight is 1240 g/mol. The lowest BCUT2D eigenvalue weighted by atomic mass is 9.80. The molecule has 484 valence electrons.